The lowest BCUT2D eigenvalue weighted by molar-refractivity contribution is -0.150. The maximum atomic E-state index is 12.7. The fourth-order valence-corrected chi connectivity index (χ4v) is 6.82. The van der Waals surface area contributed by atoms with Crippen LogP contribution in [0.1, 0.15) is 233 Å². The van der Waals surface area contributed by atoms with Crippen LogP contribution in [0.3, 0.4) is 0 Å². The van der Waals surface area contributed by atoms with Crippen LogP contribution in [-0.4, -0.2) is 60.6 Å². The molecule has 0 saturated heterocycles. The Morgan fingerprint density at radius 1 is 0.540 bits per heavy atom. The van der Waals surface area contributed by atoms with Gasteiger partial charge in [-0.1, -0.05) is 154 Å². The molecule has 298 valence electrons. The van der Waals surface area contributed by atoms with Crippen molar-refractivity contribution in [2.24, 2.45) is 5.16 Å². The van der Waals surface area contributed by atoms with Crippen LogP contribution in [0.25, 0.3) is 0 Å². The predicted molar refractivity (Wildman–Crippen MR) is 217 cm³/mol. The summed E-state index contributed by atoms with van der Waals surface area (Å²) >= 11 is 0. The van der Waals surface area contributed by atoms with E-state index in [1.807, 2.05) is 0 Å². The molecule has 0 aromatic rings. The van der Waals surface area contributed by atoms with Gasteiger partial charge in [-0.05, 0) is 90.6 Å². The Hall–Kier alpha value is -1.14. The monoisotopic (exact) mass is 709 g/mol. The molecular weight excluding hydrogens is 620 g/mol. The van der Waals surface area contributed by atoms with Gasteiger partial charge in [0.25, 0.3) is 0 Å². The average molecular weight is 709 g/mol. The van der Waals surface area contributed by atoms with Crippen molar-refractivity contribution >= 4 is 11.7 Å². The number of ether oxygens (including phenoxy) is 1. The highest BCUT2D eigenvalue weighted by molar-refractivity contribution is 5.81. The fourth-order valence-electron chi connectivity index (χ4n) is 6.82. The van der Waals surface area contributed by atoms with E-state index < -0.39 is 0 Å². The van der Waals surface area contributed by atoms with Crippen LogP contribution in [0.5, 0.6) is 0 Å². The second-order valence-corrected chi connectivity index (χ2v) is 15.3. The fraction of sp³-hybridized carbons (Fsp3) is 0.955. The molecule has 0 fully saturated rings. The molecule has 0 spiro atoms. The van der Waals surface area contributed by atoms with E-state index in [1.165, 1.54) is 161 Å². The Balaban J connectivity index is 3.91. The van der Waals surface area contributed by atoms with Crippen LogP contribution in [0.4, 0.5) is 0 Å². The highest BCUT2D eigenvalue weighted by atomic mass is 16.6. The van der Waals surface area contributed by atoms with E-state index in [0.29, 0.717) is 6.42 Å². The molecule has 1 N–H and O–H groups in total. The van der Waals surface area contributed by atoms with Gasteiger partial charge in [-0.15, -0.1) is 0 Å². The SMILES string of the molecule is CCCCCCCC/C(C)=N/OCCCCCCCCN(CCO)CCCCCCCC(=O)OC(CCCCCCC)CCCCCCCC. The second kappa shape index (κ2) is 40.6. The zero-order valence-corrected chi connectivity index (χ0v) is 34.3. The molecule has 50 heavy (non-hydrogen) atoms. The largest absolute Gasteiger partial charge is 0.462 e. The number of nitrogens with zero attached hydrogens (tertiary/aromatic N) is 2. The Labute approximate surface area is 312 Å². The molecule has 0 aliphatic carbocycles. The van der Waals surface area contributed by atoms with Gasteiger partial charge in [0.2, 0.25) is 0 Å². The third kappa shape index (κ3) is 36.6. The quantitative estimate of drug-likeness (QED) is 0.0296. The van der Waals surface area contributed by atoms with Crippen LogP contribution >= 0.6 is 0 Å². The number of carbonyl (C=O) groups excluding carboxylic acids is 1. The summed E-state index contributed by atoms with van der Waals surface area (Å²) in [5.74, 6) is 0.0234. The first kappa shape index (κ1) is 48.9. The molecule has 0 radical (unpaired) electrons. The zero-order chi connectivity index (χ0) is 36.6. The molecule has 0 heterocycles. The van der Waals surface area contributed by atoms with Crippen molar-refractivity contribution in [3.63, 3.8) is 0 Å². The average Bonchev–Trinajstić information content (AvgIpc) is 3.11. The van der Waals surface area contributed by atoms with Gasteiger partial charge >= 0.3 is 5.97 Å². The van der Waals surface area contributed by atoms with Gasteiger partial charge in [0, 0.05) is 13.0 Å². The van der Waals surface area contributed by atoms with Crippen molar-refractivity contribution < 1.29 is 19.5 Å². The number of aliphatic hydroxyl groups is 1. The number of hydrogen-bond acceptors (Lipinski definition) is 6. The minimum absolute atomic E-state index is 0.0234. The van der Waals surface area contributed by atoms with Gasteiger partial charge in [-0.2, -0.15) is 0 Å². The third-order valence-electron chi connectivity index (χ3n) is 10.2. The van der Waals surface area contributed by atoms with Crippen molar-refractivity contribution in [1.82, 2.24) is 4.90 Å². The maximum absolute atomic E-state index is 12.7. The van der Waals surface area contributed by atoms with E-state index in [0.717, 1.165) is 70.5 Å². The van der Waals surface area contributed by atoms with Gasteiger partial charge in [-0.25, -0.2) is 0 Å². The topological polar surface area (TPSA) is 71.4 Å². The normalized spacial score (nSPS) is 12.6. The van der Waals surface area contributed by atoms with Crippen molar-refractivity contribution in [2.45, 2.75) is 239 Å². The highest BCUT2D eigenvalue weighted by Gasteiger charge is 2.14. The minimum atomic E-state index is 0.0234. The standard InChI is InChI=1S/C44H88N2O4/c1-5-8-11-14-20-26-33-42(4)45-49-41-32-25-17-16-23-30-37-46(39-40-47)38-31-24-18-22-29-36-44(48)50-43(34-27-19-13-10-7-3)35-28-21-15-12-9-6-2/h43,47H,5-41H2,1-4H3/b45-42+. The van der Waals surface area contributed by atoms with Gasteiger partial charge in [0.05, 0.1) is 12.3 Å². The lowest BCUT2D eigenvalue weighted by Crippen LogP contribution is -2.29. The second-order valence-electron chi connectivity index (χ2n) is 15.3. The summed E-state index contributed by atoms with van der Waals surface area (Å²) in [6.07, 6.45) is 38.7. The molecule has 0 aromatic heterocycles. The number of rotatable bonds is 41. The lowest BCUT2D eigenvalue weighted by atomic mass is 10.0. The summed E-state index contributed by atoms with van der Waals surface area (Å²) < 4.78 is 6.00. The molecule has 6 nitrogen and oxygen atoms in total. The number of oxime groups is 1. The van der Waals surface area contributed by atoms with Crippen LogP contribution in [0.2, 0.25) is 0 Å². The summed E-state index contributed by atoms with van der Waals surface area (Å²) in [6.45, 7) is 12.8. The first-order valence-electron chi connectivity index (χ1n) is 22.2. The minimum Gasteiger partial charge on any atom is -0.462 e. The molecule has 0 aliphatic rings. The number of esters is 1. The van der Waals surface area contributed by atoms with Gasteiger partial charge in [-0.3, -0.25) is 4.79 Å². The molecule has 0 amide bonds. The number of carbonyl (C=O) groups is 1. The smallest absolute Gasteiger partial charge is 0.306 e. The highest BCUT2D eigenvalue weighted by Crippen LogP contribution is 2.18. The molecule has 0 aliphatic heterocycles. The molecular formula is C44H88N2O4. The Morgan fingerprint density at radius 2 is 0.960 bits per heavy atom. The molecule has 0 aromatic carbocycles. The summed E-state index contributed by atoms with van der Waals surface area (Å²) in [5.41, 5.74) is 1.13. The summed E-state index contributed by atoms with van der Waals surface area (Å²) in [5, 5.41) is 13.9. The van der Waals surface area contributed by atoms with Crippen molar-refractivity contribution in [3.05, 3.63) is 0 Å². The number of unbranched alkanes of at least 4 members (excludes halogenated alkanes) is 23. The number of aliphatic hydroxyl groups excluding tert-OH is 1. The molecule has 0 rings (SSSR count). The van der Waals surface area contributed by atoms with Crippen molar-refractivity contribution in [2.75, 3.05) is 32.8 Å². The van der Waals surface area contributed by atoms with Crippen LogP contribution in [-0.2, 0) is 14.4 Å². The maximum Gasteiger partial charge on any atom is 0.306 e. The van der Waals surface area contributed by atoms with Crippen molar-refractivity contribution in [3.8, 4) is 0 Å². The van der Waals surface area contributed by atoms with E-state index in [9.17, 15) is 9.90 Å². The molecule has 0 bridgehead atoms. The summed E-state index contributed by atoms with van der Waals surface area (Å²) in [7, 11) is 0. The Kier molecular flexibility index (Phi) is 39.7. The van der Waals surface area contributed by atoms with E-state index in [-0.39, 0.29) is 18.7 Å². The first-order valence-corrected chi connectivity index (χ1v) is 22.2. The predicted octanol–water partition coefficient (Wildman–Crippen LogP) is 13.1. The Bertz CT molecular complexity index is 716. The van der Waals surface area contributed by atoms with Crippen LogP contribution in [0.15, 0.2) is 5.16 Å². The van der Waals surface area contributed by atoms with Crippen LogP contribution < -0.4 is 0 Å². The summed E-state index contributed by atoms with van der Waals surface area (Å²) in [6, 6.07) is 0. The molecule has 1 atom stereocenters. The zero-order valence-electron chi connectivity index (χ0n) is 34.3. The third-order valence-corrected chi connectivity index (χ3v) is 10.2. The van der Waals surface area contributed by atoms with E-state index in [1.54, 1.807) is 0 Å². The molecule has 6 heteroatoms. The van der Waals surface area contributed by atoms with Crippen LogP contribution in [0, 0.1) is 0 Å². The van der Waals surface area contributed by atoms with Gasteiger partial charge in [0.1, 0.15) is 12.7 Å². The lowest BCUT2D eigenvalue weighted by Gasteiger charge is -2.21. The van der Waals surface area contributed by atoms with Crippen molar-refractivity contribution in [1.29, 1.82) is 0 Å². The van der Waals surface area contributed by atoms with Gasteiger partial charge < -0.3 is 19.6 Å². The number of hydrogen-bond donors (Lipinski definition) is 1. The van der Waals surface area contributed by atoms with Gasteiger partial charge in [0.15, 0.2) is 0 Å². The summed E-state index contributed by atoms with van der Waals surface area (Å²) in [4.78, 5) is 20.6. The van der Waals surface area contributed by atoms with E-state index in [4.69, 9.17) is 9.57 Å². The van der Waals surface area contributed by atoms with E-state index >= 15 is 0 Å². The van der Waals surface area contributed by atoms with E-state index in [2.05, 4.69) is 37.8 Å². The molecule has 0 saturated carbocycles. The molecule has 1 unspecified atom stereocenters. The Morgan fingerprint density at radius 3 is 1.46 bits per heavy atom. The first-order chi connectivity index (χ1) is 24.6.